The predicted octanol–water partition coefficient (Wildman–Crippen LogP) is 4.50. The van der Waals surface area contributed by atoms with Crippen molar-refractivity contribution < 1.29 is 18.0 Å². The first kappa shape index (κ1) is 28.1. The molecule has 1 aromatic heterocycles. The van der Waals surface area contributed by atoms with Crippen LogP contribution < -0.4 is 5.32 Å². The normalized spacial score (nSPS) is 16.9. The van der Waals surface area contributed by atoms with E-state index in [0.29, 0.717) is 59.2 Å². The molecule has 0 saturated carbocycles. The van der Waals surface area contributed by atoms with Crippen molar-refractivity contribution in [3.8, 4) is 11.1 Å². The lowest BCUT2D eigenvalue weighted by molar-refractivity contribution is -0.110. The number of hydrogen-bond acceptors (Lipinski definition) is 5. The molecule has 10 heteroatoms. The molecule has 2 aliphatic rings. The van der Waals surface area contributed by atoms with Gasteiger partial charge < -0.3 is 20.1 Å². The highest BCUT2D eigenvalue weighted by Gasteiger charge is 2.30. The molecule has 1 saturated heterocycles. The van der Waals surface area contributed by atoms with E-state index in [1.54, 1.807) is 6.08 Å². The molecule has 0 atom stereocenters. The number of nitrogens with one attached hydrogen (secondary N) is 2. The number of likely N-dealkylation sites (N-methyl/N-ethyl adjacent to an activating group) is 1. The van der Waals surface area contributed by atoms with E-state index < -0.39 is 9.84 Å². The summed E-state index contributed by atoms with van der Waals surface area (Å²) in [4.78, 5) is 34.4. The molecular weight excluding hydrogens is 548 g/mol. The standard InChI is InChI=1S/C30H33ClN4O4S/c1-19-27(30(37)35-15-13-34(2)14-16-35)23(7-5-17-40(3,38)39)26(32-19)18-24-28-22(20-9-11-21(31)12-10-20)6-4-8-25(28)33-29(24)36/h4,6,8-12,18,32H,5,7,13-17H2,1-3H3,(H,33,36)/b24-18-. The van der Waals surface area contributed by atoms with Gasteiger partial charge in [0.15, 0.2) is 0 Å². The topological polar surface area (TPSA) is 103 Å². The minimum absolute atomic E-state index is 0.0133. The molecule has 210 valence electrons. The predicted molar refractivity (Wildman–Crippen MR) is 160 cm³/mol. The summed E-state index contributed by atoms with van der Waals surface area (Å²) >= 11 is 6.12. The molecule has 40 heavy (non-hydrogen) atoms. The average molecular weight is 581 g/mol. The number of sulfone groups is 1. The van der Waals surface area contributed by atoms with E-state index in [-0.39, 0.29) is 17.6 Å². The maximum atomic E-state index is 13.7. The Morgan fingerprint density at radius 1 is 1.07 bits per heavy atom. The van der Waals surface area contributed by atoms with Crippen LogP contribution in [0.5, 0.6) is 0 Å². The van der Waals surface area contributed by atoms with Crippen molar-refractivity contribution in [3.05, 3.63) is 75.6 Å². The highest BCUT2D eigenvalue weighted by molar-refractivity contribution is 7.90. The van der Waals surface area contributed by atoms with Crippen LogP contribution in [-0.4, -0.2) is 80.3 Å². The van der Waals surface area contributed by atoms with E-state index in [2.05, 4.69) is 15.2 Å². The Morgan fingerprint density at radius 2 is 1.77 bits per heavy atom. The number of carbonyl (C=O) groups is 2. The van der Waals surface area contributed by atoms with Crippen molar-refractivity contribution in [3.63, 3.8) is 0 Å². The molecule has 0 aliphatic carbocycles. The molecule has 2 aromatic carbocycles. The molecule has 0 unspecified atom stereocenters. The molecular formula is C30H33ClN4O4S. The Morgan fingerprint density at radius 3 is 2.45 bits per heavy atom. The van der Waals surface area contributed by atoms with Gasteiger partial charge in [-0.05, 0) is 67.8 Å². The lowest BCUT2D eigenvalue weighted by Gasteiger charge is -2.32. The molecule has 1 fully saturated rings. The Bertz CT molecular complexity index is 1600. The van der Waals surface area contributed by atoms with E-state index in [9.17, 15) is 18.0 Å². The number of fused-ring (bicyclic) bond motifs is 1. The smallest absolute Gasteiger partial charge is 0.256 e. The lowest BCUT2D eigenvalue weighted by atomic mass is 9.93. The van der Waals surface area contributed by atoms with E-state index in [1.165, 1.54) is 6.26 Å². The number of anilines is 1. The summed E-state index contributed by atoms with van der Waals surface area (Å²) in [5.41, 5.74) is 6.42. The van der Waals surface area contributed by atoms with Gasteiger partial charge in [-0.3, -0.25) is 9.59 Å². The van der Waals surface area contributed by atoms with Crippen LogP contribution in [0.2, 0.25) is 5.02 Å². The number of halogens is 1. The second kappa shape index (κ2) is 11.2. The number of nitrogens with zero attached hydrogens (tertiary/aromatic N) is 2. The van der Waals surface area contributed by atoms with Gasteiger partial charge in [0.25, 0.3) is 11.8 Å². The number of aryl methyl sites for hydroxylation is 1. The molecule has 2 amide bonds. The van der Waals surface area contributed by atoms with Crippen molar-refractivity contribution in [2.75, 3.05) is 50.6 Å². The van der Waals surface area contributed by atoms with Crippen molar-refractivity contribution in [2.45, 2.75) is 19.8 Å². The number of hydrogen-bond donors (Lipinski definition) is 2. The first-order valence-corrected chi connectivity index (χ1v) is 15.7. The van der Waals surface area contributed by atoms with Gasteiger partial charge in [0.2, 0.25) is 0 Å². The lowest BCUT2D eigenvalue weighted by Crippen LogP contribution is -2.47. The monoisotopic (exact) mass is 580 g/mol. The van der Waals surface area contributed by atoms with E-state index >= 15 is 0 Å². The fourth-order valence-electron chi connectivity index (χ4n) is 5.45. The minimum atomic E-state index is -3.17. The van der Waals surface area contributed by atoms with Crippen molar-refractivity contribution in [2.24, 2.45) is 0 Å². The summed E-state index contributed by atoms with van der Waals surface area (Å²) < 4.78 is 23.8. The quantitative estimate of drug-likeness (QED) is 0.401. The summed E-state index contributed by atoms with van der Waals surface area (Å²) in [6.45, 7) is 4.69. The van der Waals surface area contributed by atoms with E-state index in [1.807, 2.05) is 61.3 Å². The van der Waals surface area contributed by atoms with Gasteiger partial charge in [0, 0.05) is 60.1 Å². The number of amides is 2. The van der Waals surface area contributed by atoms with Crippen LogP contribution >= 0.6 is 11.6 Å². The Balaban J connectivity index is 1.59. The van der Waals surface area contributed by atoms with Gasteiger partial charge in [0.1, 0.15) is 9.84 Å². The number of H-pyrrole nitrogens is 1. The maximum Gasteiger partial charge on any atom is 0.256 e. The highest BCUT2D eigenvalue weighted by Crippen LogP contribution is 2.41. The fourth-order valence-corrected chi connectivity index (χ4v) is 6.25. The Kier molecular flexibility index (Phi) is 7.90. The van der Waals surface area contributed by atoms with Crippen LogP contribution in [0.25, 0.3) is 22.8 Å². The number of aromatic amines is 1. The minimum Gasteiger partial charge on any atom is -0.358 e. The molecule has 2 N–H and O–H groups in total. The number of piperazine rings is 1. The zero-order valence-corrected chi connectivity index (χ0v) is 24.5. The van der Waals surface area contributed by atoms with Crippen LogP contribution in [0.1, 0.15) is 39.3 Å². The van der Waals surface area contributed by atoms with Crippen LogP contribution in [0.4, 0.5) is 5.69 Å². The van der Waals surface area contributed by atoms with Crippen molar-refractivity contribution in [1.82, 2.24) is 14.8 Å². The maximum absolute atomic E-state index is 13.7. The van der Waals surface area contributed by atoms with Gasteiger partial charge >= 0.3 is 0 Å². The average Bonchev–Trinajstić information content (AvgIpc) is 3.39. The Hall–Kier alpha value is -3.40. The molecule has 3 heterocycles. The van der Waals surface area contributed by atoms with Gasteiger partial charge in [-0.15, -0.1) is 0 Å². The SMILES string of the molecule is Cc1[nH]c(/C=C2\C(=O)Nc3cccc(-c4ccc(Cl)cc4)c32)c(CCCS(C)(=O)=O)c1C(=O)N1CCN(C)CC1. The van der Waals surface area contributed by atoms with Crippen LogP contribution in [0.15, 0.2) is 42.5 Å². The summed E-state index contributed by atoms with van der Waals surface area (Å²) in [5.74, 6) is -0.295. The largest absolute Gasteiger partial charge is 0.358 e. The van der Waals surface area contributed by atoms with E-state index in [4.69, 9.17) is 11.6 Å². The van der Waals surface area contributed by atoms with Crippen molar-refractivity contribution >= 4 is 50.6 Å². The van der Waals surface area contributed by atoms with Crippen LogP contribution in [0, 0.1) is 6.92 Å². The third-order valence-corrected chi connectivity index (χ3v) is 8.82. The number of rotatable bonds is 7. The first-order valence-electron chi connectivity index (χ1n) is 13.3. The molecule has 0 bridgehead atoms. The number of aromatic nitrogens is 1. The van der Waals surface area contributed by atoms with Crippen molar-refractivity contribution in [1.29, 1.82) is 0 Å². The van der Waals surface area contributed by atoms with Gasteiger partial charge in [-0.1, -0.05) is 35.9 Å². The third-order valence-electron chi connectivity index (χ3n) is 7.54. The third kappa shape index (κ3) is 5.87. The second-order valence-corrected chi connectivity index (χ2v) is 13.3. The molecule has 5 rings (SSSR count). The number of benzene rings is 2. The van der Waals surface area contributed by atoms with Gasteiger partial charge in [-0.25, -0.2) is 8.42 Å². The summed E-state index contributed by atoms with van der Waals surface area (Å²) in [7, 11) is -1.14. The highest BCUT2D eigenvalue weighted by atomic mass is 35.5. The molecule has 0 spiro atoms. The summed E-state index contributed by atoms with van der Waals surface area (Å²) in [6.07, 6.45) is 3.77. The Labute approximate surface area is 239 Å². The summed E-state index contributed by atoms with van der Waals surface area (Å²) in [5, 5.41) is 3.59. The fraction of sp³-hybridized carbons (Fsp3) is 0.333. The summed E-state index contributed by atoms with van der Waals surface area (Å²) in [6, 6.07) is 13.2. The first-order chi connectivity index (χ1) is 19.0. The zero-order valence-electron chi connectivity index (χ0n) is 22.9. The van der Waals surface area contributed by atoms with Crippen LogP contribution in [-0.2, 0) is 21.1 Å². The second-order valence-electron chi connectivity index (χ2n) is 10.6. The van der Waals surface area contributed by atoms with Crippen LogP contribution in [0.3, 0.4) is 0 Å². The zero-order chi connectivity index (χ0) is 28.6. The molecule has 8 nitrogen and oxygen atoms in total. The van der Waals surface area contributed by atoms with Gasteiger partial charge in [-0.2, -0.15) is 0 Å². The number of carbonyl (C=O) groups excluding carboxylic acids is 2. The molecule has 3 aromatic rings. The van der Waals surface area contributed by atoms with Gasteiger partial charge in [0.05, 0.1) is 16.9 Å². The molecule has 0 radical (unpaired) electrons. The molecule has 2 aliphatic heterocycles. The van der Waals surface area contributed by atoms with E-state index in [0.717, 1.165) is 35.3 Å².